The molecule has 1 aliphatic rings. The Balaban J connectivity index is 2.11. The summed E-state index contributed by atoms with van der Waals surface area (Å²) in [7, 11) is 0. The average Bonchev–Trinajstić information content (AvgIpc) is 2.68. The van der Waals surface area contributed by atoms with Gasteiger partial charge >= 0.3 is 5.97 Å². The Morgan fingerprint density at radius 3 is 2.71 bits per heavy atom. The van der Waals surface area contributed by atoms with E-state index in [1.54, 1.807) is 6.20 Å². The number of aromatic nitrogens is 2. The van der Waals surface area contributed by atoms with E-state index in [4.69, 9.17) is 5.11 Å². The van der Waals surface area contributed by atoms with E-state index in [0.29, 0.717) is 6.04 Å². The monoisotopic (exact) mass is 194 g/mol. The van der Waals surface area contributed by atoms with Gasteiger partial charge in [-0.05, 0) is 12.8 Å². The van der Waals surface area contributed by atoms with Crippen molar-refractivity contribution >= 4 is 5.97 Å². The van der Waals surface area contributed by atoms with Crippen molar-refractivity contribution < 1.29 is 9.90 Å². The fourth-order valence-electron chi connectivity index (χ4n) is 1.99. The van der Waals surface area contributed by atoms with Crippen LogP contribution in [0.2, 0.25) is 0 Å². The standard InChI is InChI=1S/C10H14N2O2/c13-10(14)8-6-11-12(7-8)9-4-2-1-3-5-9/h6-7,9H,1-5H2,(H,13,14). The highest BCUT2D eigenvalue weighted by atomic mass is 16.4. The van der Waals surface area contributed by atoms with Crippen LogP contribution in [0, 0.1) is 0 Å². The van der Waals surface area contributed by atoms with E-state index in [0.717, 1.165) is 12.8 Å². The minimum absolute atomic E-state index is 0.288. The number of carboxylic acids is 1. The smallest absolute Gasteiger partial charge is 0.338 e. The van der Waals surface area contributed by atoms with Crippen molar-refractivity contribution in [3.05, 3.63) is 18.0 Å². The molecule has 0 unspecified atom stereocenters. The van der Waals surface area contributed by atoms with Crippen molar-refractivity contribution in [2.45, 2.75) is 38.1 Å². The van der Waals surface area contributed by atoms with Gasteiger partial charge in [0.25, 0.3) is 0 Å². The molecule has 14 heavy (non-hydrogen) atoms. The molecule has 0 aliphatic heterocycles. The SMILES string of the molecule is O=C(O)c1cnn(C2CCCCC2)c1. The highest BCUT2D eigenvalue weighted by molar-refractivity contribution is 5.86. The minimum atomic E-state index is -0.896. The molecule has 1 aromatic rings. The van der Waals surface area contributed by atoms with Gasteiger partial charge in [0.2, 0.25) is 0 Å². The lowest BCUT2D eigenvalue weighted by atomic mass is 9.96. The Labute approximate surface area is 82.5 Å². The minimum Gasteiger partial charge on any atom is -0.478 e. The van der Waals surface area contributed by atoms with Crippen LogP contribution < -0.4 is 0 Å². The molecular weight excluding hydrogens is 180 g/mol. The van der Waals surface area contributed by atoms with Crippen LogP contribution in [0.5, 0.6) is 0 Å². The van der Waals surface area contributed by atoms with E-state index in [9.17, 15) is 4.79 Å². The van der Waals surface area contributed by atoms with Crippen molar-refractivity contribution in [1.29, 1.82) is 0 Å². The van der Waals surface area contributed by atoms with Crippen molar-refractivity contribution in [3.8, 4) is 0 Å². The molecule has 2 rings (SSSR count). The summed E-state index contributed by atoms with van der Waals surface area (Å²) >= 11 is 0. The number of carbonyl (C=O) groups is 1. The van der Waals surface area contributed by atoms with Gasteiger partial charge in [0.1, 0.15) is 0 Å². The fraction of sp³-hybridized carbons (Fsp3) is 0.600. The maximum absolute atomic E-state index is 10.6. The molecule has 0 aromatic carbocycles. The summed E-state index contributed by atoms with van der Waals surface area (Å²) in [6.45, 7) is 0. The molecule has 4 nitrogen and oxygen atoms in total. The lowest BCUT2D eigenvalue weighted by molar-refractivity contribution is 0.0696. The van der Waals surface area contributed by atoms with Crippen LogP contribution in [-0.4, -0.2) is 20.9 Å². The Bertz CT molecular complexity index is 327. The predicted octanol–water partition coefficient (Wildman–Crippen LogP) is 2.09. The predicted molar refractivity (Wildman–Crippen MR) is 51.3 cm³/mol. The van der Waals surface area contributed by atoms with Crippen LogP contribution in [0.25, 0.3) is 0 Å². The molecule has 1 aromatic heterocycles. The normalized spacial score (nSPS) is 18.3. The summed E-state index contributed by atoms with van der Waals surface area (Å²) in [4.78, 5) is 10.6. The average molecular weight is 194 g/mol. The molecule has 0 radical (unpaired) electrons. The zero-order valence-electron chi connectivity index (χ0n) is 8.02. The van der Waals surface area contributed by atoms with E-state index in [1.165, 1.54) is 25.5 Å². The Hall–Kier alpha value is -1.32. The summed E-state index contributed by atoms with van der Waals surface area (Å²) in [5, 5.41) is 12.8. The fourth-order valence-corrected chi connectivity index (χ4v) is 1.99. The molecule has 0 saturated heterocycles. The number of nitrogens with zero attached hydrogens (tertiary/aromatic N) is 2. The van der Waals surface area contributed by atoms with E-state index in [1.807, 2.05) is 4.68 Å². The van der Waals surface area contributed by atoms with E-state index >= 15 is 0 Å². The van der Waals surface area contributed by atoms with E-state index < -0.39 is 5.97 Å². The van der Waals surface area contributed by atoms with Gasteiger partial charge in [-0.3, -0.25) is 4.68 Å². The second-order valence-corrected chi connectivity index (χ2v) is 3.81. The second kappa shape index (κ2) is 3.82. The first-order chi connectivity index (χ1) is 6.77. The molecule has 1 N–H and O–H groups in total. The van der Waals surface area contributed by atoms with Crippen LogP contribution in [-0.2, 0) is 0 Å². The Morgan fingerprint density at radius 2 is 2.14 bits per heavy atom. The molecule has 1 saturated carbocycles. The molecule has 0 atom stereocenters. The zero-order valence-corrected chi connectivity index (χ0v) is 8.02. The van der Waals surface area contributed by atoms with Crippen molar-refractivity contribution in [2.75, 3.05) is 0 Å². The van der Waals surface area contributed by atoms with Crippen molar-refractivity contribution in [3.63, 3.8) is 0 Å². The third-order valence-corrected chi connectivity index (χ3v) is 2.80. The van der Waals surface area contributed by atoms with Crippen LogP contribution in [0.4, 0.5) is 0 Å². The molecule has 1 aliphatic carbocycles. The third kappa shape index (κ3) is 1.78. The molecule has 4 heteroatoms. The van der Waals surface area contributed by atoms with Crippen molar-refractivity contribution in [2.24, 2.45) is 0 Å². The number of rotatable bonds is 2. The first-order valence-electron chi connectivity index (χ1n) is 5.05. The lowest BCUT2D eigenvalue weighted by Gasteiger charge is -2.21. The summed E-state index contributed by atoms with van der Waals surface area (Å²) in [6, 6.07) is 0.414. The quantitative estimate of drug-likeness (QED) is 0.784. The number of carboxylic acid groups (broad SMARTS) is 1. The highest BCUT2D eigenvalue weighted by Crippen LogP contribution is 2.27. The Kier molecular flexibility index (Phi) is 2.52. The second-order valence-electron chi connectivity index (χ2n) is 3.81. The molecule has 1 fully saturated rings. The lowest BCUT2D eigenvalue weighted by Crippen LogP contribution is -2.13. The number of aromatic carboxylic acids is 1. The maximum Gasteiger partial charge on any atom is 0.338 e. The maximum atomic E-state index is 10.6. The van der Waals surface area contributed by atoms with Gasteiger partial charge in [0.05, 0.1) is 17.8 Å². The highest BCUT2D eigenvalue weighted by Gasteiger charge is 2.17. The summed E-state index contributed by atoms with van der Waals surface area (Å²) < 4.78 is 1.81. The summed E-state index contributed by atoms with van der Waals surface area (Å²) in [5.74, 6) is -0.896. The van der Waals surface area contributed by atoms with Crippen LogP contribution in [0.1, 0.15) is 48.5 Å². The molecular formula is C10H14N2O2. The molecule has 0 amide bonds. The largest absolute Gasteiger partial charge is 0.478 e. The van der Waals surface area contributed by atoms with Crippen LogP contribution >= 0.6 is 0 Å². The van der Waals surface area contributed by atoms with Gasteiger partial charge < -0.3 is 5.11 Å². The van der Waals surface area contributed by atoms with Gasteiger partial charge in [0.15, 0.2) is 0 Å². The third-order valence-electron chi connectivity index (χ3n) is 2.80. The topological polar surface area (TPSA) is 55.1 Å². The van der Waals surface area contributed by atoms with Gasteiger partial charge in [-0.1, -0.05) is 19.3 Å². The molecule has 1 heterocycles. The van der Waals surface area contributed by atoms with Crippen LogP contribution in [0.15, 0.2) is 12.4 Å². The van der Waals surface area contributed by atoms with Crippen molar-refractivity contribution in [1.82, 2.24) is 9.78 Å². The van der Waals surface area contributed by atoms with Crippen LogP contribution in [0.3, 0.4) is 0 Å². The van der Waals surface area contributed by atoms with Gasteiger partial charge in [-0.2, -0.15) is 5.10 Å². The number of hydrogen-bond donors (Lipinski definition) is 1. The zero-order chi connectivity index (χ0) is 9.97. The van der Waals surface area contributed by atoms with Gasteiger partial charge in [0, 0.05) is 6.20 Å². The van der Waals surface area contributed by atoms with E-state index in [-0.39, 0.29) is 5.56 Å². The van der Waals surface area contributed by atoms with Gasteiger partial charge in [-0.25, -0.2) is 4.79 Å². The molecule has 76 valence electrons. The molecule has 0 spiro atoms. The number of hydrogen-bond acceptors (Lipinski definition) is 2. The summed E-state index contributed by atoms with van der Waals surface area (Å²) in [5.41, 5.74) is 0.288. The van der Waals surface area contributed by atoms with E-state index in [2.05, 4.69) is 5.10 Å². The summed E-state index contributed by atoms with van der Waals surface area (Å²) in [6.07, 6.45) is 9.07. The van der Waals surface area contributed by atoms with Gasteiger partial charge in [-0.15, -0.1) is 0 Å². The Morgan fingerprint density at radius 1 is 1.43 bits per heavy atom. The molecule has 0 bridgehead atoms. The first kappa shape index (κ1) is 9.24. The first-order valence-corrected chi connectivity index (χ1v) is 5.05.